The second-order valence-electron chi connectivity index (χ2n) is 4.80. The van der Waals surface area contributed by atoms with E-state index in [1.807, 2.05) is 23.9 Å². The van der Waals surface area contributed by atoms with Crippen LogP contribution in [0.2, 0.25) is 10.0 Å². The molecule has 20 heavy (non-hydrogen) atoms. The fourth-order valence-electron chi connectivity index (χ4n) is 2.21. The number of aromatic nitrogens is 2. The van der Waals surface area contributed by atoms with Crippen molar-refractivity contribution in [3.8, 4) is 0 Å². The number of benzene rings is 1. The molecule has 0 aliphatic rings. The Morgan fingerprint density at radius 1 is 1.30 bits per heavy atom. The molecule has 0 aliphatic heterocycles. The molecule has 1 aromatic heterocycles. The topological polar surface area (TPSA) is 29.9 Å². The van der Waals surface area contributed by atoms with Gasteiger partial charge in [-0.25, -0.2) is 0 Å². The van der Waals surface area contributed by atoms with E-state index in [1.54, 1.807) is 12.3 Å². The molecule has 3 nitrogen and oxygen atoms in total. The summed E-state index contributed by atoms with van der Waals surface area (Å²) in [5.41, 5.74) is 1.97. The van der Waals surface area contributed by atoms with Crippen LogP contribution in [0.3, 0.4) is 0 Å². The minimum Gasteiger partial charge on any atom is -0.308 e. The van der Waals surface area contributed by atoms with Gasteiger partial charge >= 0.3 is 0 Å². The second kappa shape index (κ2) is 6.48. The lowest BCUT2D eigenvalue weighted by Crippen LogP contribution is -2.23. The maximum atomic E-state index is 6.33. The Labute approximate surface area is 137 Å². The van der Waals surface area contributed by atoms with E-state index in [2.05, 4.69) is 40.2 Å². The van der Waals surface area contributed by atoms with E-state index in [0.29, 0.717) is 10.0 Å². The maximum Gasteiger partial charge on any atom is 0.0772 e. The molecule has 6 heteroatoms. The molecule has 0 spiro atoms. The zero-order valence-electron chi connectivity index (χ0n) is 11.5. The van der Waals surface area contributed by atoms with Crippen LogP contribution < -0.4 is 5.32 Å². The minimum absolute atomic E-state index is 0.0829. The number of nitrogens with zero attached hydrogens (tertiary/aromatic N) is 2. The second-order valence-corrected chi connectivity index (χ2v) is 6.50. The largest absolute Gasteiger partial charge is 0.308 e. The van der Waals surface area contributed by atoms with Crippen molar-refractivity contribution in [2.45, 2.75) is 25.9 Å². The molecule has 1 atom stereocenters. The van der Waals surface area contributed by atoms with Crippen LogP contribution in [0.4, 0.5) is 0 Å². The fourth-order valence-corrected chi connectivity index (χ4v) is 3.12. The van der Waals surface area contributed by atoms with E-state index in [-0.39, 0.29) is 12.1 Å². The molecule has 2 rings (SSSR count). The summed E-state index contributed by atoms with van der Waals surface area (Å²) in [6.07, 6.45) is 1.80. The number of halogens is 3. The van der Waals surface area contributed by atoms with Gasteiger partial charge in [-0.15, -0.1) is 0 Å². The van der Waals surface area contributed by atoms with Gasteiger partial charge in [-0.2, -0.15) is 5.10 Å². The number of hydrogen-bond acceptors (Lipinski definition) is 2. The Balaban J connectivity index is 2.58. The monoisotopic (exact) mass is 375 g/mol. The number of nitrogens with one attached hydrogen (secondary N) is 1. The third kappa shape index (κ3) is 3.03. The first-order chi connectivity index (χ1) is 9.45. The molecule has 0 saturated heterocycles. The highest BCUT2D eigenvalue weighted by atomic mass is 79.9. The zero-order chi connectivity index (χ0) is 14.9. The van der Waals surface area contributed by atoms with Crippen LogP contribution in [0, 0.1) is 0 Å². The molecule has 0 fully saturated rings. The molecule has 0 bridgehead atoms. The Morgan fingerprint density at radius 2 is 2.00 bits per heavy atom. The molecule has 2 aromatic rings. The maximum absolute atomic E-state index is 6.33. The third-order valence-corrected chi connectivity index (χ3v) is 4.30. The Kier molecular flexibility index (Phi) is 5.13. The molecule has 0 amide bonds. The number of hydrogen-bond donors (Lipinski definition) is 1. The molecular weight excluding hydrogens is 361 g/mol. The van der Waals surface area contributed by atoms with Crippen molar-refractivity contribution >= 4 is 39.1 Å². The van der Waals surface area contributed by atoms with Crippen LogP contribution in [0.5, 0.6) is 0 Å². The summed E-state index contributed by atoms with van der Waals surface area (Å²) in [6.45, 7) is 4.18. The van der Waals surface area contributed by atoms with Gasteiger partial charge in [0.05, 0.1) is 22.4 Å². The van der Waals surface area contributed by atoms with Gasteiger partial charge in [-0.3, -0.25) is 4.68 Å². The Hall–Kier alpha value is -0.550. The lowest BCUT2D eigenvalue weighted by molar-refractivity contribution is 0.483. The highest BCUT2D eigenvalue weighted by Gasteiger charge is 2.23. The van der Waals surface area contributed by atoms with Crippen molar-refractivity contribution < 1.29 is 0 Å². The lowest BCUT2D eigenvalue weighted by Gasteiger charge is -2.22. The molecule has 0 saturated carbocycles. The van der Waals surface area contributed by atoms with Crippen molar-refractivity contribution in [3.05, 3.63) is 50.2 Å². The predicted octanol–water partition coefficient (Wildman–Crippen LogP) is 4.84. The molecule has 1 aromatic carbocycles. The zero-order valence-corrected chi connectivity index (χ0v) is 14.6. The van der Waals surface area contributed by atoms with Crippen LogP contribution in [-0.2, 0) is 0 Å². The van der Waals surface area contributed by atoms with Crippen molar-refractivity contribution in [2.24, 2.45) is 0 Å². The van der Waals surface area contributed by atoms with E-state index < -0.39 is 0 Å². The first-order valence-electron chi connectivity index (χ1n) is 6.30. The Bertz CT molecular complexity index is 610. The van der Waals surface area contributed by atoms with Gasteiger partial charge in [0.25, 0.3) is 0 Å². The van der Waals surface area contributed by atoms with Crippen LogP contribution in [0.15, 0.2) is 28.9 Å². The molecule has 0 radical (unpaired) electrons. The van der Waals surface area contributed by atoms with Gasteiger partial charge in [-0.1, -0.05) is 23.2 Å². The first-order valence-corrected chi connectivity index (χ1v) is 7.85. The van der Waals surface area contributed by atoms with E-state index in [9.17, 15) is 0 Å². The standard InChI is InChI=1S/C14H16BrCl2N3/c1-8(2)20-14(11(15)7-19-20)13(18-3)10-6-9(16)4-5-12(10)17/h4-8,13,18H,1-3H3. The third-order valence-electron chi connectivity index (χ3n) is 3.11. The molecule has 1 unspecified atom stereocenters. The van der Waals surface area contributed by atoms with E-state index in [4.69, 9.17) is 23.2 Å². The van der Waals surface area contributed by atoms with E-state index in [0.717, 1.165) is 15.7 Å². The van der Waals surface area contributed by atoms with Crippen LogP contribution >= 0.6 is 39.1 Å². The summed E-state index contributed by atoms with van der Waals surface area (Å²) in [6, 6.07) is 5.66. The summed E-state index contributed by atoms with van der Waals surface area (Å²) in [5.74, 6) is 0. The molecule has 1 heterocycles. The lowest BCUT2D eigenvalue weighted by atomic mass is 10.0. The van der Waals surface area contributed by atoms with Gasteiger partial charge in [0.1, 0.15) is 0 Å². The summed E-state index contributed by atoms with van der Waals surface area (Å²) < 4.78 is 2.92. The summed E-state index contributed by atoms with van der Waals surface area (Å²) in [7, 11) is 1.89. The first kappa shape index (κ1) is 15.8. The van der Waals surface area contributed by atoms with Crippen molar-refractivity contribution in [1.29, 1.82) is 0 Å². The normalized spacial score (nSPS) is 12.9. The molecule has 0 aliphatic carbocycles. The van der Waals surface area contributed by atoms with E-state index >= 15 is 0 Å². The molecule has 108 valence electrons. The van der Waals surface area contributed by atoms with E-state index in [1.165, 1.54) is 0 Å². The van der Waals surface area contributed by atoms with Gasteiger partial charge in [-0.05, 0) is 60.6 Å². The van der Waals surface area contributed by atoms with Crippen molar-refractivity contribution in [1.82, 2.24) is 15.1 Å². The van der Waals surface area contributed by atoms with Gasteiger partial charge in [0, 0.05) is 16.1 Å². The Morgan fingerprint density at radius 3 is 2.60 bits per heavy atom. The SMILES string of the molecule is CNC(c1cc(Cl)ccc1Cl)c1c(Br)cnn1C(C)C. The summed E-state index contributed by atoms with van der Waals surface area (Å²) in [4.78, 5) is 0. The number of rotatable bonds is 4. The molecule has 1 N–H and O–H groups in total. The average Bonchev–Trinajstić information content (AvgIpc) is 2.77. The van der Waals surface area contributed by atoms with Crippen molar-refractivity contribution in [2.75, 3.05) is 7.05 Å². The van der Waals surface area contributed by atoms with Crippen LogP contribution in [0.1, 0.15) is 37.2 Å². The van der Waals surface area contributed by atoms with Gasteiger partial charge in [0.2, 0.25) is 0 Å². The highest BCUT2D eigenvalue weighted by Crippen LogP contribution is 2.34. The minimum atomic E-state index is -0.0829. The summed E-state index contributed by atoms with van der Waals surface area (Å²) in [5, 5.41) is 9.05. The van der Waals surface area contributed by atoms with Gasteiger partial charge in [0.15, 0.2) is 0 Å². The summed E-state index contributed by atoms with van der Waals surface area (Å²) >= 11 is 16.0. The predicted molar refractivity (Wildman–Crippen MR) is 87.7 cm³/mol. The van der Waals surface area contributed by atoms with Crippen LogP contribution in [0.25, 0.3) is 0 Å². The smallest absolute Gasteiger partial charge is 0.0772 e. The van der Waals surface area contributed by atoms with Crippen LogP contribution in [-0.4, -0.2) is 16.8 Å². The van der Waals surface area contributed by atoms with Gasteiger partial charge < -0.3 is 5.32 Å². The quantitative estimate of drug-likeness (QED) is 0.827. The fraction of sp³-hybridized carbons (Fsp3) is 0.357. The molecular formula is C14H16BrCl2N3. The highest BCUT2D eigenvalue weighted by molar-refractivity contribution is 9.10. The van der Waals surface area contributed by atoms with Crippen molar-refractivity contribution in [3.63, 3.8) is 0 Å². The average molecular weight is 377 g/mol.